The lowest BCUT2D eigenvalue weighted by Crippen LogP contribution is -2.30. The van der Waals surface area contributed by atoms with Crippen molar-refractivity contribution in [1.29, 1.82) is 0 Å². The molecule has 2 amide bonds. The fourth-order valence-corrected chi connectivity index (χ4v) is 1.93. The van der Waals surface area contributed by atoms with E-state index in [0.29, 0.717) is 12.2 Å². The lowest BCUT2D eigenvalue weighted by atomic mass is 10.2. The van der Waals surface area contributed by atoms with E-state index in [1.807, 2.05) is 24.3 Å². The van der Waals surface area contributed by atoms with Crippen LogP contribution in [0.3, 0.4) is 0 Å². The first-order chi connectivity index (χ1) is 10.1. The molecule has 3 N–H and O–H groups in total. The zero-order chi connectivity index (χ0) is 15.2. The van der Waals surface area contributed by atoms with Crippen molar-refractivity contribution in [2.45, 2.75) is 6.54 Å². The number of carbonyl (C=O) groups is 1. The van der Waals surface area contributed by atoms with Gasteiger partial charge in [-0.3, -0.25) is 0 Å². The number of benzene rings is 2. The number of carbonyl (C=O) groups excluding carboxylic acids is 1. The molecule has 2 aromatic carbocycles. The first kappa shape index (κ1) is 14.7. The lowest BCUT2D eigenvalue weighted by Gasteiger charge is -2.18. The number of ether oxygens (including phenoxy) is 1. The van der Waals surface area contributed by atoms with Crippen LogP contribution < -0.4 is 15.8 Å². The Hall–Kier alpha value is -2.69. The Balaban J connectivity index is 1.95. The van der Waals surface area contributed by atoms with Gasteiger partial charge in [0, 0.05) is 25.0 Å². The molecule has 0 atom stereocenters. The van der Waals surface area contributed by atoms with Gasteiger partial charge in [-0.1, -0.05) is 12.1 Å². The zero-order valence-corrected chi connectivity index (χ0v) is 12.2. The van der Waals surface area contributed by atoms with Gasteiger partial charge in [0.2, 0.25) is 0 Å². The molecule has 0 aromatic heterocycles. The topological polar surface area (TPSA) is 67.6 Å². The average molecular weight is 285 g/mol. The third kappa shape index (κ3) is 4.14. The van der Waals surface area contributed by atoms with Crippen LogP contribution in [0.4, 0.5) is 16.2 Å². The SMILES string of the molecule is COc1ccc(NC(=O)N(C)Cc2cccc(N)c2)cc1. The number of nitrogens with one attached hydrogen (secondary N) is 1. The highest BCUT2D eigenvalue weighted by Crippen LogP contribution is 2.16. The van der Waals surface area contributed by atoms with Crippen molar-refractivity contribution < 1.29 is 9.53 Å². The van der Waals surface area contributed by atoms with Gasteiger partial charge < -0.3 is 20.7 Å². The van der Waals surface area contributed by atoms with E-state index in [0.717, 1.165) is 17.0 Å². The van der Waals surface area contributed by atoms with Gasteiger partial charge in [0.1, 0.15) is 5.75 Å². The molecule has 0 aliphatic rings. The summed E-state index contributed by atoms with van der Waals surface area (Å²) in [5.41, 5.74) is 8.13. The Morgan fingerprint density at radius 1 is 1.24 bits per heavy atom. The van der Waals surface area contributed by atoms with E-state index in [1.54, 1.807) is 43.3 Å². The van der Waals surface area contributed by atoms with Crippen LogP contribution in [0.2, 0.25) is 0 Å². The minimum atomic E-state index is -0.178. The second kappa shape index (κ2) is 6.65. The highest BCUT2D eigenvalue weighted by Gasteiger charge is 2.09. The Labute approximate surface area is 124 Å². The minimum Gasteiger partial charge on any atom is -0.497 e. The van der Waals surface area contributed by atoms with Crippen LogP contribution in [0.25, 0.3) is 0 Å². The number of hydrogen-bond acceptors (Lipinski definition) is 3. The molecule has 0 saturated carbocycles. The Morgan fingerprint density at radius 3 is 2.57 bits per heavy atom. The van der Waals surface area contributed by atoms with Crippen molar-refractivity contribution in [1.82, 2.24) is 4.90 Å². The van der Waals surface area contributed by atoms with Gasteiger partial charge >= 0.3 is 6.03 Å². The summed E-state index contributed by atoms with van der Waals surface area (Å²) in [4.78, 5) is 13.7. The molecular formula is C16H19N3O2. The lowest BCUT2D eigenvalue weighted by molar-refractivity contribution is 0.220. The van der Waals surface area contributed by atoms with E-state index < -0.39 is 0 Å². The van der Waals surface area contributed by atoms with E-state index in [1.165, 1.54) is 0 Å². The predicted molar refractivity (Wildman–Crippen MR) is 84.3 cm³/mol. The predicted octanol–water partition coefficient (Wildman–Crippen LogP) is 2.94. The van der Waals surface area contributed by atoms with Crippen LogP contribution in [0.5, 0.6) is 5.75 Å². The van der Waals surface area contributed by atoms with Gasteiger partial charge in [-0.15, -0.1) is 0 Å². The quantitative estimate of drug-likeness (QED) is 0.849. The number of rotatable bonds is 4. The zero-order valence-electron chi connectivity index (χ0n) is 12.2. The molecule has 21 heavy (non-hydrogen) atoms. The molecular weight excluding hydrogens is 266 g/mol. The van der Waals surface area contributed by atoms with Crippen molar-refractivity contribution in [2.24, 2.45) is 0 Å². The minimum absolute atomic E-state index is 0.178. The molecule has 5 nitrogen and oxygen atoms in total. The van der Waals surface area contributed by atoms with Gasteiger partial charge in [-0.25, -0.2) is 4.79 Å². The molecule has 0 fully saturated rings. The first-order valence-corrected chi connectivity index (χ1v) is 6.59. The monoisotopic (exact) mass is 285 g/mol. The highest BCUT2D eigenvalue weighted by atomic mass is 16.5. The van der Waals surface area contributed by atoms with Gasteiger partial charge in [0.15, 0.2) is 0 Å². The molecule has 0 spiro atoms. The summed E-state index contributed by atoms with van der Waals surface area (Å²) in [7, 11) is 3.34. The molecule has 110 valence electrons. The van der Waals surface area contributed by atoms with E-state index >= 15 is 0 Å². The molecule has 0 radical (unpaired) electrons. The van der Waals surface area contributed by atoms with Gasteiger partial charge in [-0.05, 0) is 42.0 Å². The molecule has 0 saturated heterocycles. The summed E-state index contributed by atoms with van der Waals surface area (Å²) in [6.45, 7) is 0.493. The van der Waals surface area contributed by atoms with E-state index in [2.05, 4.69) is 5.32 Å². The van der Waals surface area contributed by atoms with Crippen LogP contribution in [-0.4, -0.2) is 25.1 Å². The van der Waals surface area contributed by atoms with E-state index in [-0.39, 0.29) is 6.03 Å². The maximum absolute atomic E-state index is 12.1. The summed E-state index contributed by atoms with van der Waals surface area (Å²) in [6.07, 6.45) is 0. The third-order valence-corrected chi connectivity index (χ3v) is 3.06. The smallest absolute Gasteiger partial charge is 0.321 e. The molecule has 2 rings (SSSR count). The fraction of sp³-hybridized carbons (Fsp3) is 0.188. The Morgan fingerprint density at radius 2 is 1.95 bits per heavy atom. The number of nitrogen functional groups attached to an aromatic ring is 1. The van der Waals surface area contributed by atoms with Crippen molar-refractivity contribution in [2.75, 3.05) is 25.2 Å². The molecule has 5 heteroatoms. The van der Waals surface area contributed by atoms with Crippen molar-refractivity contribution in [3.8, 4) is 5.75 Å². The molecule has 0 heterocycles. The van der Waals surface area contributed by atoms with Crippen molar-refractivity contribution >= 4 is 17.4 Å². The summed E-state index contributed by atoms with van der Waals surface area (Å²) in [5, 5.41) is 2.83. The summed E-state index contributed by atoms with van der Waals surface area (Å²) >= 11 is 0. The van der Waals surface area contributed by atoms with Crippen molar-refractivity contribution in [3.05, 3.63) is 54.1 Å². The van der Waals surface area contributed by atoms with Crippen LogP contribution in [0, 0.1) is 0 Å². The molecule has 2 aromatic rings. The molecule has 0 aliphatic heterocycles. The maximum atomic E-state index is 12.1. The number of nitrogens with two attached hydrogens (primary N) is 1. The summed E-state index contributed by atoms with van der Waals surface area (Å²) in [5.74, 6) is 0.751. The Bertz CT molecular complexity index is 611. The van der Waals surface area contributed by atoms with Gasteiger partial charge in [-0.2, -0.15) is 0 Å². The number of anilines is 2. The van der Waals surface area contributed by atoms with Gasteiger partial charge in [0.25, 0.3) is 0 Å². The number of hydrogen-bond donors (Lipinski definition) is 2. The average Bonchev–Trinajstić information content (AvgIpc) is 2.48. The van der Waals surface area contributed by atoms with Crippen LogP contribution >= 0.6 is 0 Å². The highest BCUT2D eigenvalue weighted by molar-refractivity contribution is 5.89. The second-order valence-electron chi connectivity index (χ2n) is 4.76. The van der Waals surface area contributed by atoms with E-state index in [9.17, 15) is 4.79 Å². The van der Waals surface area contributed by atoms with Crippen molar-refractivity contribution in [3.63, 3.8) is 0 Å². The number of methoxy groups -OCH3 is 1. The third-order valence-electron chi connectivity index (χ3n) is 3.06. The number of amides is 2. The number of nitrogens with zero attached hydrogens (tertiary/aromatic N) is 1. The van der Waals surface area contributed by atoms with Crippen LogP contribution in [-0.2, 0) is 6.54 Å². The summed E-state index contributed by atoms with van der Waals surface area (Å²) < 4.78 is 5.08. The molecule has 0 aliphatic carbocycles. The Kier molecular flexibility index (Phi) is 4.66. The first-order valence-electron chi connectivity index (χ1n) is 6.59. The second-order valence-corrected chi connectivity index (χ2v) is 4.76. The summed E-state index contributed by atoms with van der Waals surface area (Å²) in [6, 6.07) is 14.5. The molecule has 0 unspecified atom stereocenters. The maximum Gasteiger partial charge on any atom is 0.321 e. The van der Waals surface area contributed by atoms with Gasteiger partial charge in [0.05, 0.1) is 7.11 Å². The standard InChI is InChI=1S/C16H19N3O2/c1-19(11-12-4-3-5-13(17)10-12)16(20)18-14-6-8-15(21-2)9-7-14/h3-10H,11,17H2,1-2H3,(H,18,20). The largest absolute Gasteiger partial charge is 0.497 e. The fourth-order valence-electron chi connectivity index (χ4n) is 1.93. The van der Waals surface area contributed by atoms with E-state index in [4.69, 9.17) is 10.5 Å². The van der Waals surface area contributed by atoms with Crippen LogP contribution in [0.15, 0.2) is 48.5 Å². The molecule has 0 bridgehead atoms. The number of urea groups is 1. The normalized spacial score (nSPS) is 10.0. The van der Waals surface area contributed by atoms with Crippen LogP contribution in [0.1, 0.15) is 5.56 Å².